The predicted molar refractivity (Wildman–Crippen MR) is 50.5 cm³/mol. The summed E-state index contributed by atoms with van der Waals surface area (Å²) in [4.78, 5) is 11.0. The Morgan fingerprint density at radius 1 is 1.67 bits per heavy atom. The van der Waals surface area contributed by atoms with E-state index in [1.807, 2.05) is 6.92 Å². The summed E-state index contributed by atoms with van der Waals surface area (Å²) in [6.45, 7) is 7.12. The van der Waals surface area contributed by atoms with Crippen LogP contribution in [-0.2, 0) is 14.0 Å². The van der Waals surface area contributed by atoms with E-state index >= 15 is 0 Å². The van der Waals surface area contributed by atoms with Crippen LogP contribution in [0, 0.1) is 0 Å². The smallest absolute Gasteiger partial charge is 0.333 e. The number of hydrogen-bond acceptors (Lipinski definition) is 3. The highest BCUT2D eigenvalue weighted by molar-refractivity contribution is 6.29. The van der Waals surface area contributed by atoms with E-state index in [0.29, 0.717) is 5.57 Å². The SMILES string of the molecule is C=C(C)C(=O)OC(CC)[SiH2]OC. The normalized spacial score (nSPS) is 13.2. The molecule has 0 heterocycles. The van der Waals surface area contributed by atoms with Crippen molar-refractivity contribution in [1.29, 1.82) is 0 Å². The summed E-state index contributed by atoms with van der Waals surface area (Å²) in [6, 6.07) is 0. The van der Waals surface area contributed by atoms with Crippen LogP contribution in [0.5, 0.6) is 0 Å². The van der Waals surface area contributed by atoms with Gasteiger partial charge in [-0.2, -0.15) is 0 Å². The number of esters is 1. The minimum atomic E-state index is -0.723. The van der Waals surface area contributed by atoms with Gasteiger partial charge in [-0.25, -0.2) is 4.79 Å². The molecule has 0 saturated carbocycles. The third-order valence-electron chi connectivity index (χ3n) is 1.43. The molecule has 1 atom stereocenters. The average Bonchev–Trinajstić information content (AvgIpc) is 2.03. The number of carbonyl (C=O) groups is 1. The molecular weight excluding hydrogens is 172 g/mol. The first-order valence-electron chi connectivity index (χ1n) is 3.97. The van der Waals surface area contributed by atoms with Crippen LogP contribution in [0.15, 0.2) is 12.2 Å². The Morgan fingerprint density at radius 2 is 2.25 bits per heavy atom. The monoisotopic (exact) mass is 188 g/mol. The van der Waals surface area contributed by atoms with E-state index in [0.717, 1.165) is 6.42 Å². The molecule has 0 aromatic carbocycles. The molecule has 0 radical (unpaired) electrons. The van der Waals surface area contributed by atoms with Crippen molar-refractivity contribution in [2.24, 2.45) is 0 Å². The molecule has 0 N–H and O–H groups in total. The topological polar surface area (TPSA) is 35.5 Å². The summed E-state index contributed by atoms with van der Waals surface area (Å²) in [5, 5.41) is 0. The number of ether oxygens (including phenoxy) is 1. The van der Waals surface area contributed by atoms with Crippen molar-refractivity contribution in [2.45, 2.75) is 26.0 Å². The molecule has 3 nitrogen and oxygen atoms in total. The van der Waals surface area contributed by atoms with Crippen LogP contribution in [-0.4, -0.2) is 28.6 Å². The minimum Gasteiger partial charge on any atom is -0.461 e. The molecule has 0 fully saturated rings. The number of hydrogen-bond donors (Lipinski definition) is 0. The van der Waals surface area contributed by atoms with Gasteiger partial charge in [-0.3, -0.25) is 0 Å². The third kappa shape index (κ3) is 4.30. The van der Waals surface area contributed by atoms with Gasteiger partial charge in [0.25, 0.3) is 0 Å². The van der Waals surface area contributed by atoms with Gasteiger partial charge in [-0.1, -0.05) is 13.5 Å². The Bertz CT molecular complexity index is 168. The molecule has 12 heavy (non-hydrogen) atoms. The summed E-state index contributed by atoms with van der Waals surface area (Å²) in [5.74, 6) is -0.314. The highest BCUT2D eigenvalue weighted by Crippen LogP contribution is 2.01. The van der Waals surface area contributed by atoms with Crippen molar-refractivity contribution < 1.29 is 14.0 Å². The van der Waals surface area contributed by atoms with Crippen LogP contribution >= 0.6 is 0 Å². The highest BCUT2D eigenvalue weighted by atomic mass is 28.2. The van der Waals surface area contributed by atoms with Crippen LogP contribution in [0.1, 0.15) is 20.3 Å². The first kappa shape index (κ1) is 11.4. The molecule has 4 heteroatoms. The maximum Gasteiger partial charge on any atom is 0.333 e. The van der Waals surface area contributed by atoms with Crippen molar-refractivity contribution in [3.05, 3.63) is 12.2 Å². The molecule has 0 amide bonds. The standard InChI is InChI=1S/C8H16O3Si/c1-5-7(12-10-4)11-8(9)6(2)3/h7H,2,5,12H2,1,3-4H3. The van der Waals surface area contributed by atoms with Gasteiger partial charge in [0, 0.05) is 12.7 Å². The van der Waals surface area contributed by atoms with Gasteiger partial charge in [-0.15, -0.1) is 0 Å². The van der Waals surface area contributed by atoms with Crippen LogP contribution in [0.2, 0.25) is 0 Å². The molecule has 0 rings (SSSR count). The molecular formula is C8H16O3Si. The molecule has 0 aliphatic carbocycles. The van der Waals surface area contributed by atoms with Crippen LogP contribution < -0.4 is 0 Å². The van der Waals surface area contributed by atoms with Crippen molar-refractivity contribution in [3.8, 4) is 0 Å². The molecule has 1 unspecified atom stereocenters. The van der Waals surface area contributed by atoms with Crippen LogP contribution in [0.25, 0.3) is 0 Å². The van der Waals surface area contributed by atoms with Crippen molar-refractivity contribution >= 4 is 15.7 Å². The zero-order chi connectivity index (χ0) is 9.56. The first-order valence-corrected chi connectivity index (χ1v) is 5.36. The van der Waals surface area contributed by atoms with Gasteiger partial charge in [-0.05, 0) is 13.3 Å². The Labute approximate surface area is 75.7 Å². The largest absolute Gasteiger partial charge is 0.461 e. The molecule has 0 aliphatic rings. The zero-order valence-electron chi connectivity index (χ0n) is 7.92. The van der Waals surface area contributed by atoms with Crippen molar-refractivity contribution in [3.63, 3.8) is 0 Å². The summed E-state index contributed by atoms with van der Waals surface area (Å²) in [6.07, 6.45) is 0.819. The van der Waals surface area contributed by atoms with E-state index in [1.54, 1.807) is 14.0 Å². The van der Waals surface area contributed by atoms with E-state index in [1.165, 1.54) is 0 Å². The third-order valence-corrected chi connectivity index (χ3v) is 2.88. The van der Waals surface area contributed by atoms with E-state index in [2.05, 4.69) is 6.58 Å². The zero-order valence-corrected chi connectivity index (χ0v) is 9.34. The lowest BCUT2D eigenvalue weighted by Gasteiger charge is -2.13. The lowest BCUT2D eigenvalue weighted by molar-refractivity contribution is -0.141. The summed E-state index contributed by atoms with van der Waals surface area (Å²) in [7, 11) is 0.919. The van der Waals surface area contributed by atoms with Crippen LogP contribution in [0.4, 0.5) is 0 Å². The second-order valence-corrected chi connectivity index (χ2v) is 4.49. The maximum absolute atomic E-state index is 11.0. The lowest BCUT2D eigenvalue weighted by atomic mass is 10.4. The lowest BCUT2D eigenvalue weighted by Crippen LogP contribution is -2.25. The van der Waals surface area contributed by atoms with Gasteiger partial charge < -0.3 is 9.16 Å². The van der Waals surface area contributed by atoms with Gasteiger partial charge >= 0.3 is 5.97 Å². The number of carbonyl (C=O) groups excluding carboxylic acids is 1. The fraction of sp³-hybridized carbons (Fsp3) is 0.625. The highest BCUT2D eigenvalue weighted by Gasteiger charge is 2.12. The van der Waals surface area contributed by atoms with Crippen LogP contribution in [0.3, 0.4) is 0 Å². The summed E-state index contributed by atoms with van der Waals surface area (Å²) >= 11 is 0. The second kappa shape index (κ2) is 5.96. The molecule has 70 valence electrons. The molecule has 0 saturated heterocycles. The quantitative estimate of drug-likeness (QED) is 0.359. The fourth-order valence-electron chi connectivity index (χ4n) is 0.673. The molecule has 0 aromatic rings. The molecule has 0 aromatic heterocycles. The minimum absolute atomic E-state index is 0.0146. The summed E-state index contributed by atoms with van der Waals surface area (Å²) in [5.41, 5.74) is 0.428. The van der Waals surface area contributed by atoms with Gasteiger partial charge in [0.15, 0.2) is 0 Å². The van der Waals surface area contributed by atoms with E-state index in [9.17, 15) is 4.79 Å². The maximum atomic E-state index is 11.0. The van der Waals surface area contributed by atoms with E-state index < -0.39 is 9.76 Å². The fourth-order valence-corrected chi connectivity index (χ4v) is 1.50. The molecule has 0 bridgehead atoms. The first-order chi connectivity index (χ1) is 5.61. The second-order valence-electron chi connectivity index (χ2n) is 2.67. The van der Waals surface area contributed by atoms with E-state index in [-0.39, 0.29) is 11.7 Å². The predicted octanol–water partition coefficient (Wildman–Crippen LogP) is 0.572. The summed E-state index contributed by atoms with van der Waals surface area (Å²) < 4.78 is 10.1. The Morgan fingerprint density at radius 3 is 2.58 bits per heavy atom. The average molecular weight is 188 g/mol. The Hall–Kier alpha value is -0.613. The van der Waals surface area contributed by atoms with Gasteiger partial charge in [0.2, 0.25) is 9.76 Å². The molecule has 0 aliphatic heterocycles. The van der Waals surface area contributed by atoms with Gasteiger partial charge in [0.05, 0.1) is 0 Å². The Balaban J connectivity index is 3.85. The number of rotatable bonds is 5. The Kier molecular flexibility index (Phi) is 5.66. The van der Waals surface area contributed by atoms with E-state index in [4.69, 9.17) is 9.16 Å². The molecule has 0 spiro atoms. The van der Waals surface area contributed by atoms with Crippen molar-refractivity contribution in [2.75, 3.05) is 7.11 Å². The van der Waals surface area contributed by atoms with Gasteiger partial charge in [0.1, 0.15) is 5.73 Å². The van der Waals surface area contributed by atoms with Crippen molar-refractivity contribution in [1.82, 2.24) is 0 Å².